The molecule has 7 nitrogen and oxygen atoms in total. The summed E-state index contributed by atoms with van der Waals surface area (Å²) in [7, 11) is 0. The summed E-state index contributed by atoms with van der Waals surface area (Å²) in [5.74, 6) is 0.313. The van der Waals surface area contributed by atoms with Gasteiger partial charge < -0.3 is 25.0 Å². The van der Waals surface area contributed by atoms with E-state index >= 15 is 0 Å². The van der Waals surface area contributed by atoms with Crippen LogP contribution < -0.4 is 5.32 Å². The van der Waals surface area contributed by atoms with E-state index in [4.69, 9.17) is 4.74 Å². The number of guanidine groups is 1. The van der Waals surface area contributed by atoms with Crippen LogP contribution in [-0.4, -0.2) is 78.8 Å². The molecule has 2 N–H and O–H groups in total. The van der Waals surface area contributed by atoms with Crippen LogP contribution in [0.3, 0.4) is 0 Å². The summed E-state index contributed by atoms with van der Waals surface area (Å²) in [4.78, 5) is 20.9. The van der Waals surface area contributed by atoms with Crippen molar-refractivity contribution >= 4 is 35.8 Å². The fraction of sp³-hybridized carbons (Fsp3) is 0.600. The molecule has 0 aromatic heterocycles. The number of aliphatic imine (C=N–C) groups is 1. The van der Waals surface area contributed by atoms with Crippen molar-refractivity contribution < 1.29 is 19.0 Å². The molecule has 2 heterocycles. The molecule has 162 valence electrons. The molecule has 2 aliphatic heterocycles. The first kappa shape index (κ1) is 23.8. The number of halogens is 2. The molecule has 0 spiro atoms. The van der Waals surface area contributed by atoms with Gasteiger partial charge in [-0.25, -0.2) is 4.39 Å². The summed E-state index contributed by atoms with van der Waals surface area (Å²) in [6.07, 6.45) is 0.455. The smallest absolute Gasteiger partial charge is 0.251 e. The second-order valence-electron chi connectivity index (χ2n) is 7.05. The van der Waals surface area contributed by atoms with Gasteiger partial charge in [-0.2, -0.15) is 0 Å². The second kappa shape index (κ2) is 11.7. The molecule has 1 amide bonds. The first-order valence-electron chi connectivity index (χ1n) is 9.96. The zero-order valence-electron chi connectivity index (χ0n) is 16.7. The van der Waals surface area contributed by atoms with Gasteiger partial charge in [-0.15, -0.1) is 24.0 Å². The third kappa shape index (κ3) is 6.26. The fourth-order valence-electron chi connectivity index (χ4n) is 3.56. The maximum Gasteiger partial charge on any atom is 0.251 e. The number of carbonyl (C=O) groups is 1. The van der Waals surface area contributed by atoms with Crippen LogP contribution in [-0.2, 0) is 9.53 Å². The number of benzene rings is 1. The highest BCUT2D eigenvalue weighted by Crippen LogP contribution is 2.18. The van der Waals surface area contributed by atoms with Crippen molar-refractivity contribution in [2.45, 2.75) is 32.0 Å². The van der Waals surface area contributed by atoms with Crippen LogP contribution in [0.5, 0.6) is 0 Å². The maximum atomic E-state index is 13.8. The zero-order valence-corrected chi connectivity index (χ0v) is 19.0. The number of aliphatic hydroxyl groups excluding tert-OH is 1. The average molecular weight is 520 g/mol. The van der Waals surface area contributed by atoms with Crippen LogP contribution in [0, 0.1) is 5.82 Å². The summed E-state index contributed by atoms with van der Waals surface area (Å²) in [6.45, 7) is 5.91. The van der Waals surface area contributed by atoms with Gasteiger partial charge in [0.15, 0.2) is 5.96 Å². The van der Waals surface area contributed by atoms with Crippen LogP contribution in [0.4, 0.5) is 4.39 Å². The third-order valence-corrected chi connectivity index (χ3v) is 5.11. The van der Waals surface area contributed by atoms with Gasteiger partial charge in [0.05, 0.1) is 6.54 Å². The topological polar surface area (TPSA) is 77.4 Å². The van der Waals surface area contributed by atoms with Gasteiger partial charge >= 0.3 is 0 Å². The summed E-state index contributed by atoms with van der Waals surface area (Å²) in [5.41, 5.74) is 0.245. The lowest BCUT2D eigenvalue weighted by atomic mass is 10.1. The van der Waals surface area contributed by atoms with E-state index in [-0.39, 0.29) is 48.1 Å². The van der Waals surface area contributed by atoms with Gasteiger partial charge in [0.2, 0.25) is 0 Å². The molecular formula is C20H30FIN4O3. The second-order valence-corrected chi connectivity index (χ2v) is 7.05. The number of rotatable bonds is 5. The first-order chi connectivity index (χ1) is 13.6. The Morgan fingerprint density at radius 2 is 2.00 bits per heavy atom. The van der Waals surface area contributed by atoms with Crippen molar-refractivity contribution in [2.24, 2.45) is 4.99 Å². The van der Waals surface area contributed by atoms with Crippen molar-refractivity contribution in [3.63, 3.8) is 0 Å². The SMILES string of the molecule is CCNC(=NCC(O)c1ccccc1F)N1CCN(C(=O)C2CCCO2)CC1.I. The lowest BCUT2D eigenvalue weighted by Gasteiger charge is -2.37. The Bertz CT molecular complexity index is 692. The van der Waals surface area contributed by atoms with E-state index in [1.165, 1.54) is 6.07 Å². The van der Waals surface area contributed by atoms with Crippen molar-refractivity contribution in [1.82, 2.24) is 15.1 Å². The first-order valence-corrected chi connectivity index (χ1v) is 9.96. The van der Waals surface area contributed by atoms with E-state index in [1.54, 1.807) is 18.2 Å². The highest BCUT2D eigenvalue weighted by molar-refractivity contribution is 14.0. The molecule has 0 aliphatic carbocycles. The normalized spacial score (nSPS) is 20.9. The molecular weight excluding hydrogens is 490 g/mol. The van der Waals surface area contributed by atoms with Gasteiger partial charge in [0.1, 0.15) is 18.0 Å². The summed E-state index contributed by atoms with van der Waals surface area (Å²) in [6, 6.07) is 6.19. The Morgan fingerprint density at radius 1 is 1.31 bits per heavy atom. The zero-order chi connectivity index (χ0) is 19.9. The van der Waals surface area contributed by atoms with Gasteiger partial charge in [0.25, 0.3) is 5.91 Å². The van der Waals surface area contributed by atoms with E-state index in [1.807, 2.05) is 11.8 Å². The quantitative estimate of drug-likeness (QED) is 0.352. The summed E-state index contributed by atoms with van der Waals surface area (Å²) in [5, 5.41) is 13.5. The molecule has 2 fully saturated rings. The van der Waals surface area contributed by atoms with Gasteiger partial charge in [-0.05, 0) is 25.8 Å². The van der Waals surface area contributed by atoms with E-state index < -0.39 is 11.9 Å². The predicted octanol–water partition coefficient (Wildman–Crippen LogP) is 1.77. The predicted molar refractivity (Wildman–Crippen MR) is 120 cm³/mol. The molecule has 1 aromatic carbocycles. The van der Waals surface area contributed by atoms with Crippen LogP contribution in [0.25, 0.3) is 0 Å². The Balaban J connectivity index is 0.00000300. The van der Waals surface area contributed by atoms with Crippen LogP contribution >= 0.6 is 24.0 Å². The molecule has 3 rings (SSSR count). The number of amides is 1. The third-order valence-electron chi connectivity index (χ3n) is 5.11. The minimum atomic E-state index is -1.00. The van der Waals surface area contributed by atoms with Gasteiger partial charge in [-0.1, -0.05) is 18.2 Å². The molecule has 9 heteroatoms. The molecule has 0 saturated carbocycles. The lowest BCUT2D eigenvalue weighted by Crippen LogP contribution is -2.55. The minimum Gasteiger partial charge on any atom is -0.386 e. The van der Waals surface area contributed by atoms with Crippen molar-refractivity contribution in [1.29, 1.82) is 0 Å². The van der Waals surface area contributed by atoms with Crippen molar-refractivity contribution in [3.05, 3.63) is 35.6 Å². The van der Waals surface area contributed by atoms with Crippen LogP contribution in [0.15, 0.2) is 29.3 Å². The minimum absolute atomic E-state index is 0. The standard InChI is InChI=1S/C20H29FN4O3.HI/c1-2-22-20(23-14-17(26)15-6-3-4-7-16(15)21)25-11-9-24(10-12-25)19(27)18-8-5-13-28-18;/h3-4,6-7,17-18,26H,2,5,8-14H2,1H3,(H,22,23);1H. The summed E-state index contributed by atoms with van der Waals surface area (Å²) < 4.78 is 19.3. The molecule has 0 bridgehead atoms. The Kier molecular flexibility index (Phi) is 9.57. The molecule has 29 heavy (non-hydrogen) atoms. The summed E-state index contributed by atoms with van der Waals surface area (Å²) >= 11 is 0. The number of piperazine rings is 1. The van der Waals surface area contributed by atoms with Crippen LogP contribution in [0.1, 0.15) is 31.4 Å². The molecule has 0 radical (unpaired) electrons. The van der Waals surface area contributed by atoms with E-state index in [9.17, 15) is 14.3 Å². The number of hydrogen-bond acceptors (Lipinski definition) is 4. The average Bonchev–Trinajstić information content (AvgIpc) is 3.26. The molecule has 2 aliphatic rings. The maximum absolute atomic E-state index is 13.8. The highest BCUT2D eigenvalue weighted by Gasteiger charge is 2.31. The number of carbonyl (C=O) groups excluding carboxylic acids is 1. The largest absolute Gasteiger partial charge is 0.386 e. The van der Waals surface area contributed by atoms with Gasteiger partial charge in [0, 0.05) is 44.9 Å². The molecule has 1 aromatic rings. The molecule has 2 unspecified atom stereocenters. The Morgan fingerprint density at radius 3 is 2.62 bits per heavy atom. The Hall–Kier alpha value is -1.46. The fourth-order valence-corrected chi connectivity index (χ4v) is 3.56. The number of aliphatic hydroxyl groups is 1. The van der Waals surface area contributed by atoms with E-state index in [2.05, 4.69) is 15.2 Å². The number of ether oxygens (including phenoxy) is 1. The van der Waals surface area contributed by atoms with Crippen molar-refractivity contribution in [3.8, 4) is 0 Å². The highest BCUT2D eigenvalue weighted by atomic mass is 127. The van der Waals surface area contributed by atoms with Crippen molar-refractivity contribution in [2.75, 3.05) is 45.9 Å². The van der Waals surface area contributed by atoms with E-state index in [0.717, 1.165) is 12.8 Å². The molecule has 2 atom stereocenters. The molecule has 2 saturated heterocycles. The monoisotopic (exact) mass is 520 g/mol. The lowest BCUT2D eigenvalue weighted by molar-refractivity contribution is -0.142. The van der Waals surface area contributed by atoms with Gasteiger partial charge in [-0.3, -0.25) is 9.79 Å². The number of nitrogens with one attached hydrogen (secondary N) is 1. The van der Waals surface area contributed by atoms with E-state index in [0.29, 0.717) is 45.3 Å². The van der Waals surface area contributed by atoms with Crippen LogP contribution in [0.2, 0.25) is 0 Å². The number of hydrogen-bond donors (Lipinski definition) is 2. The Labute approximate surface area is 188 Å². The number of nitrogens with zero attached hydrogens (tertiary/aromatic N) is 3.